The lowest BCUT2D eigenvalue weighted by molar-refractivity contribution is -0.155. The fourth-order valence-electron chi connectivity index (χ4n) is 2.99. The molecule has 2 fully saturated rings. The molecule has 0 aromatic rings. The van der Waals surface area contributed by atoms with Crippen molar-refractivity contribution in [3.63, 3.8) is 0 Å². The number of piperidine rings is 1. The fraction of sp³-hybridized carbons (Fsp3) is 0.846. The van der Waals surface area contributed by atoms with E-state index in [1.165, 1.54) is 0 Å². The highest BCUT2D eigenvalue weighted by atomic mass is 16.4. The van der Waals surface area contributed by atoms with E-state index < -0.39 is 12.0 Å². The first-order valence-corrected chi connectivity index (χ1v) is 6.74. The summed E-state index contributed by atoms with van der Waals surface area (Å²) in [6.45, 7) is 6.21. The Labute approximate surface area is 108 Å². The van der Waals surface area contributed by atoms with Gasteiger partial charge in [-0.3, -0.25) is 4.79 Å². The van der Waals surface area contributed by atoms with E-state index in [2.05, 4.69) is 12.2 Å². The summed E-state index contributed by atoms with van der Waals surface area (Å²) in [5, 5.41) is 12.5. The van der Waals surface area contributed by atoms with Crippen molar-refractivity contribution in [1.29, 1.82) is 0 Å². The van der Waals surface area contributed by atoms with Crippen molar-refractivity contribution < 1.29 is 14.7 Å². The normalized spacial score (nSPS) is 36.7. The second-order valence-corrected chi connectivity index (χ2v) is 5.76. The molecule has 4 unspecified atom stereocenters. The summed E-state index contributed by atoms with van der Waals surface area (Å²) in [5.41, 5.74) is 0. The van der Waals surface area contributed by atoms with Gasteiger partial charge in [-0.15, -0.1) is 0 Å². The first kappa shape index (κ1) is 13.3. The number of hydrogen-bond acceptors (Lipinski definition) is 3. The first-order chi connectivity index (χ1) is 8.50. The molecule has 0 spiro atoms. The monoisotopic (exact) mass is 254 g/mol. The molecular weight excluding hydrogens is 232 g/mol. The molecule has 0 aromatic heterocycles. The summed E-state index contributed by atoms with van der Waals surface area (Å²) >= 11 is 0. The molecule has 2 aliphatic heterocycles. The first-order valence-electron chi connectivity index (χ1n) is 6.74. The molecule has 4 atom stereocenters. The standard InChI is InChI=1S/C13H22N2O3/c1-8-3-4-15(11(5-8)13(17)18)12(16)10-7-14-6-9(10)2/h8-11,14H,3-7H2,1-2H3,(H,17,18). The number of carbonyl (C=O) groups is 2. The minimum absolute atomic E-state index is 0.0202. The molecule has 18 heavy (non-hydrogen) atoms. The zero-order valence-electron chi connectivity index (χ0n) is 11.1. The van der Waals surface area contributed by atoms with E-state index in [9.17, 15) is 14.7 Å². The molecule has 2 heterocycles. The van der Waals surface area contributed by atoms with Gasteiger partial charge in [0.25, 0.3) is 0 Å². The van der Waals surface area contributed by atoms with Crippen LogP contribution in [0.5, 0.6) is 0 Å². The minimum atomic E-state index is -0.867. The number of amides is 1. The van der Waals surface area contributed by atoms with Crippen LogP contribution in [-0.2, 0) is 9.59 Å². The van der Waals surface area contributed by atoms with Crippen LogP contribution in [0.1, 0.15) is 26.7 Å². The topological polar surface area (TPSA) is 69.6 Å². The lowest BCUT2D eigenvalue weighted by atomic mass is 9.89. The van der Waals surface area contributed by atoms with Gasteiger partial charge in [0.15, 0.2) is 0 Å². The molecule has 102 valence electrons. The molecule has 2 rings (SSSR count). The summed E-state index contributed by atoms with van der Waals surface area (Å²) in [7, 11) is 0. The predicted octanol–water partition coefficient (Wildman–Crippen LogP) is 0.554. The Morgan fingerprint density at radius 3 is 2.56 bits per heavy atom. The van der Waals surface area contributed by atoms with Crippen LogP contribution in [0.25, 0.3) is 0 Å². The number of carboxylic acid groups (broad SMARTS) is 1. The number of carbonyl (C=O) groups excluding carboxylic acids is 1. The third-order valence-corrected chi connectivity index (χ3v) is 4.27. The van der Waals surface area contributed by atoms with Gasteiger partial charge < -0.3 is 15.3 Å². The molecule has 2 N–H and O–H groups in total. The largest absolute Gasteiger partial charge is 0.480 e. The predicted molar refractivity (Wildman–Crippen MR) is 67.1 cm³/mol. The second kappa shape index (κ2) is 5.26. The van der Waals surface area contributed by atoms with Gasteiger partial charge in [0, 0.05) is 13.1 Å². The number of rotatable bonds is 2. The van der Waals surface area contributed by atoms with E-state index >= 15 is 0 Å². The molecule has 5 nitrogen and oxygen atoms in total. The Bertz CT molecular complexity index is 345. The van der Waals surface area contributed by atoms with Gasteiger partial charge in [0.05, 0.1) is 5.92 Å². The van der Waals surface area contributed by atoms with Crippen molar-refractivity contribution in [3.8, 4) is 0 Å². The van der Waals surface area contributed by atoms with Crippen LogP contribution in [-0.4, -0.2) is 47.6 Å². The van der Waals surface area contributed by atoms with Gasteiger partial charge in [-0.05, 0) is 31.2 Å². The third-order valence-electron chi connectivity index (χ3n) is 4.27. The van der Waals surface area contributed by atoms with Crippen molar-refractivity contribution in [2.45, 2.75) is 32.7 Å². The lowest BCUT2D eigenvalue weighted by Gasteiger charge is -2.37. The van der Waals surface area contributed by atoms with Crippen LogP contribution < -0.4 is 5.32 Å². The number of aliphatic carboxylic acids is 1. The summed E-state index contributed by atoms with van der Waals surface area (Å²) in [6, 6.07) is -0.631. The van der Waals surface area contributed by atoms with Crippen LogP contribution >= 0.6 is 0 Å². The Kier molecular flexibility index (Phi) is 3.90. The van der Waals surface area contributed by atoms with Crippen molar-refractivity contribution in [2.24, 2.45) is 17.8 Å². The molecule has 1 amide bonds. The third kappa shape index (κ3) is 2.51. The van der Waals surface area contributed by atoms with Crippen molar-refractivity contribution in [2.75, 3.05) is 19.6 Å². The van der Waals surface area contributed by atoms with Gasteiger partial charge in [0.2, 0.25) is 5.91 Å². The number of hydrogen-bond donors (Lipinski definition) is 2. The minimum Gasteiger partial charge on any atom is -0.480 e. The Morgan fingerprint density at radius 2 is 2.00 bits per heavy atom. The average molecular weight is 254 g/mol. The number of nitrogens with one attached hydrogen (secondary N) is 1. The number of carboxylic acids is 1. The molecule has 0 bridgehead atoms. The highest BCUT2D eigenvalue weighted by Gasteiger charge is 2.40. The van der Waals surface area contributed by atoms with Crippen molar-refractivity contribution in [1.82, 2.24) is 10.2 Å². The van der Waals surface area contributed by atoms with Crippen LogP contribution in [0.15, 0.2) is 0 Å². The van der Waals surface area contributed by atoms with Crippen LogP contribution in [0.3, 0.4) is 0 Å². The van der Waals surface area contributed by atoms with E-state index in [1.807, 2.05) is 6.92 Å². The van der Waals surface area contributed by atoms with Crippen LogP contribution in [0.4, 0.5) is 0 Å². The number of nitrogens with zero attached hydrogens (tertiary/aromatic N) is 1. The zero-order chi connectivity index (χ0) is 13.3. The fourth-order valence-corrected chi connectivity index (χ4v) is 2.99. The molecule has 2 aliphatic rings. The highest BCUT2D eigenvalue weighted by molar-refractivity contribution is 5.85. The van der Waals surface area contributed by atoms with Crippen LogP contribution in [0, 0.1) is 17.8 Å². The summed E-state index contributed by atoms with van der Waals surface area (Å²) < 4.78 is 0. The molecule has 0 aromatic carbocycles. The molecule has 2 saturated heterocycles. The number of likely N-dealkylation sites (tertiary alicyclic amines) is 1. The second-order valence-electron chi connectivity index (χ2n) is 5.76. The van der Waals surface area contributed by atoms with Gasteiger partial charge in [-0.1, -0.05) is 13.8 Å². The SMILES string of the molecule is CC1CCN(C(=O)C2CNCC2C)C(C(=O)O)C1. The zero-order valence-corrected chi connectivity index (χ0v) is 11.1. The maximum absolute atomic E-state index is 12.5. The van der Waals surface area contributed by atoms with Gasteiger partial charge in [0.1, 0.15) is 6.04 Å². The van der Waals surface area contributed by atoms with E-state index in [1.54, 1.807) is 4.90 Å². The average Bonchev–Trinajstić information content (AvgIpc) is 2.74. The Morgan fingerprint density at radius 1 is 1.28 bits per heavy atom. The van der Waals surface area contributed by atoms with Gasteiger partial charge in [-0.25, -0.2) is 4.79 Å². The Balaban J connectivity index is 2.09. The maximum Gasteiger partial charge on any atom is 0.326 e. The van der Waals surface area contributed by atoms with E-state index in [0.29, 0.717) is 31.3 Å². The molecule has 0 radical (unpaired) electrons. The molecule has 5 heteroatoms. The molecular formula is C13H22N2O3. The highest BCUT2D eigenvalue weighted by Crippen LogP contribution is 2.27. The molecule has 0 saturated carbocycles. The van der Waals surface area contributed by atoms with Crippen molar-refractivity contribution >= 4 is 11.9 Å². The van der Waals surface area contributed by atoms with E-state index in [0.717, 1.165) is 13.0 Å². The molecule has 0 aliphatic carbocycles. The van der Waals surface area contributed by atoms with Gasteiger partial charge >= 0.3 is 5.97 Å². The van der Waals surface area contributed by atoms with Gasteiger partial charge in [-0.2, -0.15) is 0 Å². The van der Waals surface area contributed by atoms with E-state index in [-0.39, 0.29) is 11.8 Å². The summed E-state index contributed by atoms with van der Waals surface area (Å²) in [6.07, 6.45) is 1.49. The van der Waals surface area contributed by atoms with E-state index in [4.69, 9.17) is 0 Å². The smallest absolute Gasteiger partial charge is 0.326 e. The quantitative estimate of drug-likeness (QED) is 0.755. The van der Waals surface area contributed by atoms with Crippen LogP contribution in [0.2, 0.25) is 0 Å². The van der Waals surface area contributed by atoms with Crippen molar-refractivity contribution in [3.05, 3.63) is 0 Å². The summed E-state index contributed by atoms with van der Waals surface area (Å²) in [5.74, 6) is -0.221. The Hall–Kier alpha value is -1.10. The summed E-state index contributed by atoms with van der Waals surface area (Å²) in [4.78, 5) is 25.4. The lowest BCUT2D eigenvalue weighted by Crippen LogP contribution is -2.52. The maximum atomic E-state index is 12.5.